The second kappa shape index (κ2) is 8.85. The van der Waals surface area contributed by atoms with Crippen LogP contribution >= 0.6 is 11.6 Å². The molecule has 138 valence electrons. The van der Waals surface area contributed by atoms with Crippen molar-refractivity contribution in [3.63, 3.8) is 0 Å². The Hall–Kier alpha value is -2.34. The van der Waals surface area contributed by atoms with Gasteiger partial charge in [-0.25, -0.2) is 14.4 Å². The van der Waals surface area contributed by atoms with Gasteiger partial charge in [-0.3, -0.25) is 0 Å². The molecule has 2 heterocycles. The number of aliphatic imine (C=N–C) groups is 1. The van der Waals surface area contributed by atoms with Crippen molar-refractivity contribution in [2.75, 3.05) is 24.5 Å². The summed E-state index contributed by atoms with van der Waals surface area (Å²) in [5, 5.41) is 7.40. The Morgan fingerprint density at radius 2 is 2.27 bits per heavy atom. The van der Waals surface area contributed by atoms with Crippen LogP contribution in [0.1, 0.15) is 18.9 Å². The first-order valence-electron chi connectivity index (χ1n) is 8.80. The van der Waals surface area contributed by atoms with E-state index in [1.807, 2.05) is 36.1 Å². The molecule has 1 aliphatic heterocycles. The summed E-state index contributed by atoms with van der Waals surface area (Å²) in [6, 6.07) is 10.9. The van der Waals surface area contributed by atoms with Gasteiger partial charge in [-0.1, -0.05) is 23.7 Å². The third-order valence-corrected chi connectivity index (χ3v) is 4.46. The molecule has 1 aliphatic rings. The highest BCUT2D eigenvalue weighted by atomic mass is 35.5. The van der Waals surface area contributed by atoms with Crippen LogP contribution in [0.15, 0.2) is 47.6 Å². The molecule has 0 bridgehead atoms. The van der Waals surface area contributed by atoms with Crippen LogP contribution in [0.3, 0.4) is 0 Å². The van der Waals surface area contributed by atoms with Gasteiger partial charge in [0.25, 0.3) is 0 Å². The van der Waals surface area contributed by atoms with Gasteiger partial charge in [0.1, 0.15) is 0 Å². The number of benzene rings is 1. The Labute approximate surface area is 158 Å². The largest absolute Gasteiger partial charge is 0.357 e. The number of rotatable bonds is 5. The SMILES string of the molecule is CCNC(=NCc1cccc(Cl)c1)NC1CCN(c2ncccc2F)C1. The molecule has 26 heavy (non-hydrogen) atoms. The Bertz CT molecular complexity index is 767. The molecule has 5 nitrogen and oxygen atoms in total. The van der Waals surface area contributed by atoms with E-state index in [-0.39, 0.29) is 11.9 Å². The molecule has 1 fully saturated rings. The fraction of sp³-hybridized carbons (Fsp3) is 0.368. The number of guanidine groups is 1. The maximum atomic E-state index is 13.9. The molecule has 1 aromatic carbocycles. The Kier molecular flexibility index (Phi) is 6.28. The lowest BCUT2D eigenvalue weighted by Gasteiger charge is -2.20. The normalized spacial score (nSPS) is 17.4. The summed E-state index contributed by atoms with van der Waals surface area (Å²) >= 11 is 6.02. The molecular weight excluding hydrogens is 353 g/mol. The quantitative estimate of drug-likeness (QED) is 0.622. The molecule has 1 saturated heterocycles. The minimum absolute atomic E-state index is 0.188. The van der Waals surface area contributed by atoms with Crippen LogP contribution in [0.5, 0.6) is 0 Å². The third kappa shape index (κ3) is 4.85. The highest BCUT2D eigenvalue weighted by molar-refractivity contribution is 6.30. The van der Waals surface area contributed by atoms with Crippen LogP contribution in [0.25, 0.3) is 0 Å². The summed E-state index contributed by atoms with van der Waals surface area (Å²) in [6.45, 7) is 4.80. The summed E-state index contributed by atoms with van der Waals surface area (Å²) in [4.78, 5) is 10.8. The number of nitrogens with zero attached hydrogens (tertiary/aromatic N) is 3. The molecule has 0 spiro atoms. The molecule has 2 aromatic rings. The Morgan fingerprint density at radius 3 is 3.04 bits per heavy atom. The summed E-state index contributed by atoms with van der Waals surface area (Å²) in [6.07, 6.45) is 2.52. The fourth-order valence-corrected chi connectivity index (χ4v) is 3.21. The summed E-state index contributed by atoms with van der Waals surface area (Å²) < 4.78 is 13.9. The summed E-state index contributed by atoms with van der Waals surface area (Å²) in [5.41, 5.74) is 1.05. The van der Waals surface area contributed by atoms with Crippen molar-refractivity contribution in [2.45, 2.75) is 25.9 Å². The Balaban J connectivity index is 1.61. The van der Waals surface area contributed by atoms with E-state index in [4.69, 9.17) is 11.6 Å². The summed E-state index contributed by atoms with van der Waals surface area (Å²) in [7, 11) is 0. The van der Waals surface area contributed by atoms with Crippen molar-refractivity contribution in [1.29, 1.82) is 0 Å². The van der Waals surface area contributed by atoms with Crippen LogP contribution in [-0.4, -0.2) is 36.6 Å². The first kappa shape index (κ1) is 18.5. The predicted molar refractivity (Wildman–Crippen MR) is 104 cm³/mol. The van der Waals surface area contributed by atoms with Gasteiger partial charge < -0.3 is 15.5 Å². The second-order valence-corrected chi connectivity index (χ2v) is 6.65. The van der Waals surface area contributed by atoms with Gasteiger partial charge in [0.05, 0.1) is 6.54 Å². The maximum absolute atomic E-state index is 13.9. The van der Waals surface area contributed by atoms with E-state index in [1.54, 1.807) is 12.3 Å². The van der Waals surface area contributed by atoms with Crippen molar-refractivity contribution < 1.29 is 4.39 Å². The fourth-order valence-electron chi connectivity index (χ4n) is 3.00. The standard InChI is InChI=1S/C19H23ClFN5/c1-2-22-19(24-12-14-5-3-6-15(20)11-14)25-16-8-10-26(13-16)18-17(21)7-4-9-23-18/h3-7,9,11,16H,2,8,10,12-13H2,1H3,(H2,22,24,25). The van der Waals surface area contributed by atoms with Crippen LogP contribution < -0.4 is 15.5 Å². The van der Waals surface area contributed by atoms with Gasteiger partial charge in [-0.15, -0.1) is 0 Å². The molecule has 0 aliphatic carbocycles. The number of anilines is 1. The first-order chi connectivity index (χ1) is 12.7. The Morgan fingerprint density at radius 1 is 1.38 bits per heavy atom. The monoisotopic (exact) mass is 375 g/mol. The van der Waals surface area contributed by atoms with E-state index in [0.29, 0.717) is 23.9 Å². The molecule has 0 radical (unpaired) electrons. The molecule has 1 aromatic heterocycles. The number of aromatic nitrogens is 1. The molecule has 0 amide bonds. The number of nitrogens with one attached hydrogen (secondary N) is 2. The van der Waals surface area contributed by atoms with Crippen LogP contribution in [-0.2, 0) is 6.54 Å². The van der Waals surface area contributed by atoms with Gasteiger partial charge in [0, 0.05) is 36.9 Å². The molecule has 3 rings (SSSR count). The number of hydrogen-bond donors (Lipinski definition) is 2. The van der Waals surface area contributed by atoms with Crippen LogP contribution in [0, 0.1) is 5.82 Å². The van der Waals surface area contributed by atoms with E-state index >= 15 is 0 Å². The summed E-state index contributed by atoms with van der Waals surface area (Å²) in [5.74, 6) is 0.883. The van der Waals surface area contributed by atoms with E-state index in [9.17, 15) is 4.39 Å². The molecule has 1 unspecified atom stereocenters. The zero-order valence-corrected chi connectivity index (χ0v) is 15.5. The molecule has 2 N–H and O–H groups in total. The average Bonchev–Trinajstić information content (AvgIpc) is 3.09. The second-order valence-electron chi connectivity index (χ2n) is 6.21. The number of pyridine rings is 1. The van der Waals surface area contributed by atoms with Crippen molar-refractivity contribution >= 4 is 23.4 Å². The van der Waals surface area contributed by atoms with Gasteiger partial charge in [-0.2, -0.15) is 0 Å². The highest BCUT2D eigenvalue weighted by Crippen LogP contribution is 2.20. The van der Waals surface area contributed by atoms with Crippen molar-refractivity contribution in [3.8, 4) is 0 Å². The van der Waals surface area contributed by atoms with Gasteiger partial charge >= 0.3 is 0 Å². The van der Waals surface area contributed by atoms with Gasteiger partial charge in [-0.05, 0) is 43.2 Å². The highest BCUT2D eigenvalue weighted by Gasteiger charge is 2.25. The molecular formula is C19H23ClFN5. The van der Waals surface area contributed by atoms with Crippen molar-refractivity contribution in [3.05, 3.63) is 59.0 Å². The third-order valence-electron chi connectivity index (χ3n) is 4.22. The molecule has 7 heteroatoms. The first-order valence-corrected chi connectivity index (χ1v) is 9.18. The number of hydrogen-bond acceptors (Lipinski definition) is 3. The predicted octanol–water partition coefficient (Wildman–Crippen LogP) is 3.21. The average molecular weight is 376 g/mol. The topological polar surface area (TPSA) is 52.6 Å². The van der Waals surface area contributed by atoms with Crippen LogP contribution in [0.4, 0.5) is 10.2 Å². The van der Waals surface area contributed by atoms with Crippen molar-refractivity contribution in [2.24, 2.45) is 4.99 Å². The lowest BCUT2D eigenvalue weighted by Crippen LogP contribution is -2.44. The van der Waals surface area contributed by atoms with Crippen LogP contribution in [0.2, 0.25) is 5.02 Å². The minimum Gasteiger partial charge on any atom is -0.357 e. The molecule has 0 saturated carbocycles. The lowest BCUT2D eigenvalue weighted by atomic mass is 10.2. The maximum Gasteiger partial charge on any atom is 0.191 e. The van der Waals surface area contributed by atoms with Crippen molar-refractivity contribution in [1.82, 2.24) is 15.6 Å². The zero-order valence-electron chi connectivity index (χ0n) is 14.8. The lowest BCUT2D eigenvalue weighted by molar-refractivity contribution is 0.612. The molecule has 1 atom stereocenters. The number of halogens is 2. The minimum atomic E-state index is -0.283. The van der Waals surface area contributed by atoms with Gasteiger partial charge in [0.15, 0.2) is 17.6 Å². The van der Waals surface area contributed by atoms with E-state index < -0.39 is 0 Å². The van der Waals surface area contributed by atoms with E-state index in [2.05, 4.69) is 20.6 Å². The smallest absolute Gasteiger partial charge is 0.191 e. The van der Waals surface area contributed by atoms with Gasteiger partial charge in [0.2, 0.25) is 0 Å². The van der Waals surface area contributed by atoms with E-state index in [1.165, 1.54) is 6.07 Å². The zero-order chi connectivity index (χ0) is 18.4. The van der Waals surface area contributed by atoms with E-state index in [0.717, 1.165) is 31.0 Å².